The van der Waals surface area contributed by atoms with E-state index in [-0.39, 0.29) is 11.9 Å². The molecule has 0 aliphatic heterocycles. The first-order chi connectivity index (χ1) is 33.5. The largest absolute Gasteiger partial charge is 0.466 e. The summed E-state index contributed by atoms with van der Waals surface area (Å²) in [5.74, 6) is 2.95. The van der Waals surface area contributed by atoms with Gasteiger partial charge in [0.1, 0.15) is 0 Å². The summed E-state index contributed by atoms with van der Waals surface area (Å²) in [5.41, 5.74) is 2.54. The standard InChI is InChI=1S/C59H113N2O5PS2/c1-9-12-14-16-18-24-30-37-57(68-50-11-3)38-31-26-20-22-28-34-48-65-67(63,60-45-46-61(7)8)66-49-35-29-23-21-27-33-40-58(39-32-25-19-17-15-13-10-2)69-51-36-47-64-59(62)52-54(6)56-43-41-55(42-44-56)53(4)5/h41-44,53-54,57-58H,9-40,45-52H2,1-8H3,(H,60,63). The molecule has 1 rings (SSSR count). The summed E-state index contributed by atoms with van der Waals surface area (Å²) in [7, 11) is 0.735. The fourth-order valence-electron chi connectivity index (χ4n) is 8.97. The maximum absolute atomic E-state index is 13.7. The Bertz CT molecular complexity index is 1320. The van der Waals surface area contributed by atoms with Crippen molar-refractivity contribution in [3.8, 4) is 0 Å². The summed E-state index contributed by atoms with van der Waals surface area (Å²) >= 11 is 4.33. The lowest BCUT2D eigenvalue weighted by Crippen LogP contribution is -2.26. The molecule has 0 bridgehead atoms. The van der Waals surface area contributed by atoms with Crippen molar-refractivity contribution in [3.63, 3.8) is 0 Å². The predicted octanol–water partition coefficient (Wildman–Crippen LogP) is 18.9. The molecule has 10 heteroatoms. The number of thioether (sulfide) groups is 2. The lowest BCUT2D eigenvalue weighted by molar-refractivity contribution is -0.144. The molecule has 0 radical (unpaired) electrons. The van der Waals surface area contributed by atoms with Crippen molar-refractivity contribution >= 4 is 37.2 Å². The van der Waals surface area contributed by atoms with Crippen LogP contribution in [-0.2, 0) is 23.1 Å². The Morgan fingerprint density at radius 1 is 0.536 bits per heavy atom. The van der Waals surface area contributed by atoms with Crippen molar-refractivity contribution in [1.29, 1.82) is 0 Å². The van der Waals surface area contributed by atoms with E-state index in [1.54, 1.807) is 0 Å². The maximum Gasteiger partial charge on any atom is 0.405 e. The number of hydrogen-bond donors (Lipinski definition) is 1. The van der Waals surface area contributed by atoms with E-state index in [1.165, 1.54) is 190 Å². The zero-order valence-electron chi connectivity index (χ0n) is 46.7. The van der Waals surface area contributed by atoms with Crippen LogP contribution in [0.5, 0.6) is 0 Å². The third kappa shape index (κ3) is 40.5. The number of ether oxygens (including phenoxy) is 1. The van der Waals surface area contributed by atoms with Gasteiger partial charge in [0, 0.05) is 23.6 Å². The molecule has 7 nitrogen and oxygen atoms in total. The van der Waals surface area contributed by atoms with Crippen molar-refractivity contribution < 1.29 is 23.1 Å². The zero-order chi connectivity index (χ0) is 50.5. The summed E-state index contributed by atoms with van der Waals surface area (Å²) in [6, 6.07) is 8.70. The number of unbranched alkanes of at least 4 members (excludes halogenated alkanes) is 22. The van der Waals surface area contributed by atoms with Crippen molar-refractivity contribution in [2.45, 2.75) is 276 Å². The molecule has 0 aliphatic carbocycles. The van der Waals surface area contributed by atoms with Gasteiger partial charge in [-0.25, -0.2) is 9.65 Å². The first-order valence-electron chi connectivity index (χ1n) is 29.3. The van der Waals surface area contributed by atoms with Crippen LogP contribution in [-0.4, -0.2) is 79.9 Å². The van der Waals surface area contributed by atoms with E-state index < -0.39 is 7.75 Å². The number of hydrogen-bond acceptors (Lipinski definition) is 8. The second-order valence-corrected chi connectivity index (χ2v) is 25.6. The highest BCUT2D eigenvalue weighted by Gasteiger charge is 2.24. The topological polar surface area (TPSA) is 77.1 Å². The van der Waals surface area contributed by atoms with Gasteiger partial charge in [-0.05, 0) is 99.9 Å². The third-order valence-corrected chi connectivity index (χ3v) is 18.3. The molecule has 0 aliphatic rings. The molecule has 0 heterocycles. The molecular weight excluding hydrogens is 912 g/mol. The molecule has 0 spiro atoms. The molecular formula is C59H113N2O5PS2. The summed E-state index contributed by atoms with van der Waals surface area (Å²) < 4.78 is 31.4. The number of carbonyl (C=O) groups excluding carboxylic acids is 1. The van der Waals surface area contributed by atoms with E-state index in [0.717, 1.165) is 49.7 Å². The molecule has 4 atom stereocenters. The molecule has 0 saturated heterocycles. The highest BCUT2D eigenvalue weighted by atomic mass is 32.2. The van der Waals surface area contributed by atoms with Crippen LogP contribution in [0.1, 0.15) is 276 Å². The molecule has 69 heavy (non-hydrogen) atoms. The van der Waals surface area contributed by atoms with E-state index >= 15 is 0 Å². The number of esters is 1. The SMILES string of the molecule is CCCCCCCCCC(CCCCCCCCOP(=O)(NCCN(C)C)OCCCCCCCCC(CCCCCCCCC)SCCCOC(=O)CC(C)c1ccc(C(C)C)cc1)SCCC. The first-order valence-corrected chi connectivity index (χ1v) is 32.9. The monoisotopic (exact) mass is 1020 g/mol. The number of nitrogens with one attached hydrogen (secondary N) is 1. The van der Waals surface area contributed by atoms with E-state index in [1.807, 2.05) is 14.1 Å². The van der Waals surface area contributed by atoms with Crippen molar-refractivity contribution in [2.75, 3.05) is 58.5 Å². The Kier molecular flexibility index (Phi) is 45.5. The number of carbonyl (C=O) groups is 1. The highest BCUT2D eigenvalue weighted by molar-refractivity contribution is 8.00. The lowest BCUT2D eigenvalue weighted by Gasteiger charge is -2.20. The average molecular weight is 1030 g/mol. The molecule has 0 amide bonds. The fraction of sp³-hybridized carbons (Fsp3) is 0.881. The number of nitrogens with zero attached hydrogens (tertiary/aromatic N) is 1. The Labute approximate surface area is 437 Å². The van der Waals surface area contributed by atoms with Crippen LogP contribution in [0.15, 0.2) is 24.3 Å². The van der Waals surface area contributed by atoms with Gasteiger partial charge in [0.05, 0.1) is 26.2 Å². The van der Waals surface area contributed by atoms with E-state index in [2.05, 4.69) is 99.3 Å². The van der Waals surface area contributed by atoms with Gasteiger partial charge >= 0.3 is 13.7 Å². The van der Waals surface area contributed by atoms with Crippen LogP contribution in [0.2, 0.25) is 0 Å². The van der Waals surface area contributed by atoms with Gasteiger partial charge in [0.15, 0.2) is 0 Å². The van der Waals surface area contributed by atoms with Crippen molar-refractivity contribution in [1.82, 2.24) is 9.99 Å². The molecule has 1 aromatic rings. The predicted molar refractivity (Wildman–Crippen MR) is 308 cm³/mol. The average Bonchev–Trinajstić information content (AvgIpc) is 3.33. The number of rotatable bonds is 52. The summed E-state index contributed by atoms with van der Waals surface area (Å²) in [6.07, 6.45) is 41.4. The molecule has 0 aromatic heterocycles. The Balaban J connectivity index is 2.35. The number of likely N-dealkylation sites (N-methyl/N-ethyl adjacent to an activating group) is 1. The van der Waals surface area contributed by atoms with Crippen molar-refractivity contribution in [3.05, 3.63) is 35.4 Å². The minimum atomic E-state index is -3.33. The van der Waals surface area contributed by atoms with Crippen LogP contribution >= 0.6 is 31.3 Å². The van der Waals surface area contributed by atoms with Gasteiger partial charge in [0.2, 0.25) is 0 Å². The molecule has 1 aromatic carbocycles. The van der Waals surface area contributed by atoms with Crippen LogP contribution in [0.3, 0.4) is 0 Å². The van der Waals surface area contributed by atoms with Crippen LogP contribution in [0.25, 0.3) is 0 Å². The summed E-state index contributed by atoms with van der Waals surface area (Å²) in [6.45, 7) is 16.3. The van der Waals surface area contributed by atoms with E-state index in [0.29, 0.717) is 44.0 Å². The third-order valence-electron chi connectivity index (χ3n) is 13.6. The molecule has 0 fully saturated rings. The van der Waals surface area contributed by atoms with Gasteiger partial charge in [-0.3, -0.25) is 13.8 Å². The fourth-order valence-corrected chi connectivity index (χ4v) is 12.9. The summed E-state index contributed by atoms with van der Waals surface area (Å²) in [5, 5.41) is 4.68. The van der Waals surface area contributed by atoms with Crippen LogP contribution in [0, 0.1) is 0 Å². The lowest BCUT2D eigenvalue weighted by atomic mass is 9.94. The Morgan fingerprint density at radius 2 is 0.942 bits per heavy atom. The molecule has 1 N–H and O–H groups in total. The van der Waals surface area contributed by atoms with E-state index in [4.69, 9.17) is 13.8 Å². The number of benzene rings is 1. The van der Waals surface area contributed by atoms with Crippen LogP contribution in [0.4, 0.5) is 0 Å². The Hall–Kier alpha value is -0.540. The highest BCUT2D eigenvalue weighted by Crippen LogP contribution is 2.44. The van der Waals surface area contributed by atoms with Crippen molar-refractivity contribution in [2.24, 2.45) is 0 Å². The van der Waals surface area contributed by atoms with Crippen LogP contribution < -0.4 is 5.09 Å². The molecule has 406 valence electrons. The van der Waals surface area contributed by atoms with Gasteiger partial charge in [-0.15, -0.1) is 0 Å². The first kappa shape index (κ1) is 66.5. The van der Waals surface area contributed by atoms with E-state index in [9.17, 15) is 9.36 Å². The second kappa shape index (κ2) is 47.2. The van der Waals surface area contributed by atoms with Gasteiger partial charge in [0.25, 0.3) is 0 Å². The summed E-state index contributed by atoms with van der Waals surface area (Å²) in [4.78, 5) is 14.7. The smallest absolute Gasteiger partial charge is 0.405 e. The minimum Gasteiger partial charge on any atom is -0.466 e. The minimum absolute atomic E-state index is 0.0820. The normalized spacial score (nSPS) is 14.1. The Morgan fingerprint density at radius 3 is 1.36 bits per heavy atom. The quantitative estimate of drug-likeness (QED) is 0.0390. The zero-order valence-corrected chi connectivity index (χ0v) is 49.2. The second-order valence-electron chi connectivity index (χ2n) is 21.0. The van der Waals surface area contributed by atoms with Gasteiger partial charge < -0.3 is 9.64 Å². The van der Waals surface area contributed by atoms with Gasteiger partial charge in [-0.2, -0.15) is 23.5 Å². The molecule has 4 unspecified atom stereocenters. The maximum atomic E-state index is 13.7. The molecule has 0 saturated carbocycles. The van der Waals surface area contributed by atoms with Gasteiger partial charge in [-0.1, -0.05) is 220 Å².